The van der Waals surface area contributed by atoms with Gasteiger partial charge >= 0.3 is 0 Å². The number of hydrogen-bond donors (Lipinski definition) is 1. The molecule has 3 aromatic rings. The van der Waals surface area contributed by atoms with Crippen LogP contribution in [0.1, 0.15) is 15.9 Å². The molecule has 0 spiro atoms. The summed E-state index contributed by atoms with van der Waals surface area (Å²) < 4.78 is 5.14. The van der Waals surface area contributed by atoms with Gasteiger partial charge in [-0.1, -0.05) is 12.1 Å². The topological polar surface area (TPSA) is 78.5 Å². The second-order valence-electron chi connectivity index (χ2n) is 6.83. The molecule has 2 heterocycles. The molecule has 1 N–H and O–H groups in total. The molecule has 0 atom stereocenters. The van der Waals surface area contributed by atoms with Gasteiger partial charge in [-0.05, 0) is 35.9 Å². The molecular weight excluding hydrogens is 356 g/mol. The van der Waals surface area contributed by atoms with Crippen LogP contribution in [0, 0.1) is 0 Å². The van der Waals surface area contributed by atoms with Crippen LogP contribution < -0.4 is 4.74 Å². The maximum Gasteiger partial charge on any atom is 0.254 e. The Hall–Kier alpha value is -3.35. The number of ether oxygens (including phenoxy) is 1. The molecule has 7 nitrogen and oxygen atoms in total. The molecule has 0 saturated carbocycles. The Morgan fingerprint density at radius 2 is 1.75 bits per heavy atom. The van der Waals surface area contributed by atoms with Gasteiger partial charge in [0.05, 0.1) is 30.9 Å². The molecule has 0 bridgehead atoms. The predicted octanol–water partition coefficient (Wildman–Crippen LogP) is 2.10. The molecule has 0 radical (unpaired) electrons. The lowest BCUT2D eigenvalue weighted by atomic mass is 10.1. The van der Waals surface area contributed by atoms with Gasteiger partial charge in [0.1, 0.15) is 5.75 Å². The van der Waals surface area contributed by atoms with Crippen LogP contribution in [0.3, 0.4) is 0 Å². The second-order valence-corrected chi connectivity index (χ2v) is 6.83. The number of imidazole rings is 1. The Labute approximate surface area is 162 Å². The van der Waals surface area contributed by atoms with Crippen molar-refractivity contribution >= 4 is 22.8 Å². The quantitative estimate of drug-likeness (QED) is 0.754. The van der Waals surface area contributed by atoms with Crippen molar-refractivity contribution in [3.05, 3.63) is 59.9 Å². The molecular formula is C21H22N4O3. The van der Waals surface area contributed by atoms with E-state index in [1.165, 1.54) is 0 Å². The fraction of sp³-hybridized carbons (Fsp3) is 0.286. The molecule has 2 amide bonds. The monoisotopic (exact) mass is 378 g/mol. The summed E-state index contributed by atoms with van der Waals surface area (Å²) in [5.74, 6) is 0.839. The van der Waals surface area contributed by atoms with E-state index < -0.39 is 0 Å². The van der Waals surface area contributed by atoms with E-state index in [-0.39, 0.29) is 11.8 Å². The lowest BCUT2D eigenvalue weighted by molar-refractivity contribution is -0.131. The summed E-state index contributed by atoms with van der Waals surface area (Å²) in [6, 6.07) is 13.0. The third-order valence-electron chi connectivity index (χ3n) is 5.10. The number of aromatic amines is 1. The van der Waals surface area contributed by atoms with Crippen molar-refractivity contribution in [2.24, 2.45) is 0 Å². The van der Waals surface area contributed by atoms with Gasteiger partial charge in [0.2, 0.25) is 5.91 Å². The fourth-order valence-corrected chi connectivity index (χ4v) is 3.44. The van der Waals surface area contributed by atoms with Crippen LogP contribution in [0.5, 0.6) is 5.75 Å². The summed E-state index contributed by atoms with van der Waals surface area (Å²) in [5.41, 5.74) is 3.27. The zero-order chi connectivity index (χ0) is 19.5. The fourth-order valence-electron chi connectivity index (χ4n) is 3.44. The molecule has 7 heteroatoms. The summed E-state index contributed by atoms with van der Waals surface area (Å²) in [7, 11) is 1.62. The Morgan fingerprint density at radius 1 is 1.04 bits per heavy atom. The molecule has 0 unspecified atom stereocenters. The van der Waals surface area contributed by atoms with E-state index in [0.717, 1.165) is 22.3 Å². The van der Waals surface area contributed by atoms with Gasteiger partial charge in [-0.3, -0.25) is 9.59 Å². The van der Waals surface area contributed by atoms with E-state index in [4.69, 9.17) is 4.74 Å². The Bertz CT molecular complexity index is 988. The number of piperazine rings is 1. The van der Waals surface area contributed by atoms with Crippen LogP contribution in [-0.4, -0.2) is 64.9 Å². The van der Waals surface area contributed by atoms with Crippen LogP contribution in [0.25, 0.3) is 11.0 Å². The van der Waals surface area contributed by atoms with Gasteiger partial charge in [-0.25, -0.2) is 4.98 Å². The highest BCUT2D eigenvalue weighted by atomic mass is 16.5. The number of nitrogens with zero attached hydrogens (tertiary/aromatic N) is 3. The van der Waals surface area contributed by atoms with E-state index in [0.29, 0.717) is 38.2 Å². The van der Waals surface area contributed by atoms with Crippen molar-refractivity contribution < 1.29 is 14.3 Å². The second kappa shape index (κ2) is 7.72. The number of methoxy groups -OCH3 is 1. The first-order chi connectivity index (χ1) is 13.6. The third-order valence-corrected chi connectivity index (χ3v) is 5.10. The van der Waals surface area contributed by atoms with Crippen LogP contribution in [0.15, 0.2) is 48.8 Å². The van der Waals surface area contributed by atoms with Gasteiger partial charge in [-0.2, -0.15) is 0 Å². The normalized spacial score (nSPS) is 14.3. The molecule has 1 aliphatic rings. The number of amides is 2. The van der Waals surface area contributed by atoms with E-state index in [1.807, 2.05) is 41.3 Å². The molecule has 1 fully saturated rings. The number of aromatic nitrogens is 2. The van der Waals surface area contributed by atoms with Gasteiger partial charge in [0.15, 0.2) is 0 Å². The molecule has 1 saturated heterocycles. The maximum atomic E-state index is 12.8. The minimum absolute atomic E-state index is 0.0150. The number of benzene rings is 2. The van der Waals surface area contributed by atoms with Crippen LogP contribution >= 0.6 is 0 Å². The Kier molecular flexibility index (Phi) is 4.97. The van der Waals surface area contributed by atoms with Gasteiger partial charge in [0.25, 0.3) is 5.91 Å². The molecule has 2 aromatic carbocycles. The largest absolute Gasteiger partial charge is 0.497 e. The van der Waals surface area contributed by atoms with E-state index >= 15 is 0 Å². The molecule has 28 heavy (non-hydrogen) atoms. The van der Waals surface area contributed by atoms with E-state index in [2.05, 4.69) is 9.97 Å². The number of rotatable bonds is 4. The Morgan fingerprint density at radius 3 is 2.46 bits per heavy atom. The summed E-state index contributed by atoms with van der Waals surface area (Å²) in [6.07, 6.45) is 1.97. The molecule has 0 aliphatic carbocycles. The van der Waals surface area contributed by atoms with Crippen molar-refractivity contribution in [2.75, 3.05) is 33.3 Å². The number of carbonyl (C=O) groups is 2. The lowest BCUT2D eigenvalue weighted by Crippen LogP contribution is -2.51. The van der Waals surface area contributed by atoms with Crippen LogP contribution in [-0.2, 0) is 11.2 Å². The predicted molar refractivity (Wildman–Crippen MR) is 105 cm³/mol. The Balaban J connectivity index is 1.34. The van der Waals surface area contributed by atoms with Gasteiger partial charge in [-0.15, -0.1) is 0 Å². The smallest absolute Gasteiger partial charge is 0.254 e. The third kappa shape index (κ3) is 3.69. The van der Waals surface area contributed by atoms with Crippen molar-refractivity contribution in [3.63, 3.8) is 0 Å². The highest BCUT2D eigenvalue weighted by Gasteiger charge is 2.25. The molecule has 1 aliphatic heterocycles. The van der Waals surface area contributed by atoms with Crippen LogP contribution in [0.2, 0.25) is 0 Å². The lowest BCUT2D eigenvalue weighted by Gasteiger charge is -2.35. The molecule has 1 aromatic heterocycles. The number of H-pyrrole nitrogens is 1. The summed E-state index contributed by atoms with van der Waals surface area (Å²) in [5, 5.41) is 0. The summed E-state index contributed by atoms with van der Waals surface area (Å²) in [6.45, 7) is 2.17. The maximum absolute atomic E-state index is 12.8. The van der Waals surface area contributed by atoms with E-state index in [1.54, 1.807) is 24.4 Å². The average Bonchev–Trinajstić information content (AvgIpc) is 3.22. The van der Waals surface area contributed by atoms with Gasteiger partial charge in [0, 0.05) is 31.7 Å². The van der Waals surface area contributed by atoms with Crippen molar-refractivity contribution in [1.82, 2.24) is 19.8 Å². The van der Waals surface area contributed by atoms with Crippen LogP contribution in [0.4, 0.5) is 0 Å². The number of nitrogens with one attached hydrogen (secondary N) is 1. The minimum atomic E-state index is -0.0150. The first kappa shape index (κ1) is 18.0. The minimum Gasteiger partial charge on any atom is -0.497 e. The van der Waals surface area contributed by atoms with E-state index in [9.17, 15) is 9.59 Å². The average molecular weight is 378 g/mol. The molecule has 4 rings (SSSR count). The standard InChI is InChI=1S/C21H22N4O3/c1-28-17-5-2-15(3-6-17)12-20(26)24-8-10-25(11-9-24)21(27)16-4-7-18-19(13-16)23-14-22-18/h2-7,13-14H,8-12H2,1H3,(H,22,23). The van der Waals surface area contributed by atoms with Crippen molar-refractivity contribution in [1.29, 1.82) is 0 Å². The van der Waals surface area contributed by atoms with Crippen molar-refractivity contribution in [2.45, 2.75) is 6.42 Å². The number of hydrogen-bond acceptors (Lipinski definition) is 4. The first-order valence-electron chi connectivity index (χ1n) is 9.27. The first-order valence-corrected chi connectivity index (χ1v) is 9.27. The molecule has 144 valence electrons. The summed E-state index contributed by atoms with van der Waals surface area (Å²) in [4.78, 5) is 36.2. The highest BCUT2D eigenvalue weighted by molar-refractivity contribution is 5.97. The zero-order valence-electron chi connectivity index (χ0n) is 15.7. The van der Waals surface area contributed by atoms with Crippen molar-refractivity contribution in [3.8, 4) is 5.75 Å². The SMILES string of the molecule is COc1ccc(CC(=O)N2CCN(C(=O)c3ccc4nc[nH]c4c3)CC2)cc1. The van der Waals surface area contributed by atoms with Gasteiger partial charge < -0.3 is 19.5 Å². The highest BCUT2D eigenvalue weighted by Crippen LogP contribution is 2.16. The number of carbonyl (C=O) groups excluding carboxylic acids is 2. The zero-order valence-corrected chi connectivity index (χ0v) is 15.7. The summed E-state index contributed by atoms with van der Waals surface area (Å²) >= 11 is 0. The number of fused-ring (bicyclic) bond motifs is 1.